The van der Waals surface area contributed by atoms with Crippen LogP contribution >= 0.6 is 0 Å². The van der Waals surface area contributed by atoms with Gasteiger partial charge in [-0.15, -0.1) is 0 Å². The van der Waals surface area contributed by atoms with E-state index in [9.17, 15) is 4.21 Å². The van der Waals surface area contributed by atoms with Gasteiger partial charge in [-0.2, -0.15) is 0 Å². The maximum absolute atomic E-state index is 10.8. The van der Waals surface area contributed by atoms with E-state index in [1.54, 1.807) is 19.1 Å². The Morgan fingerprint density at radius 1 is 1.56 bits per heavy atom. The van der Waals surface area contributed by atoms with Crippen molar-refractivity contribution >= 4 is 27.9 Å². The van der Waals surface area contributed by atoms with Crippen molar-refractivity contribution in [2.24, 2.45) is 0 Å². The lowest BCUT2D eigenvalue weighted by Gasteiger charge is -2.07. The van der Waals surface area contributed by atoms with Crippen molar-refractivity contribution in [1.29, 1.82) is 0 Å². The number of methoxy groups -OCH3 is 1. The predicted molar refractivity (Wildman–Crippen MR) is 59.7 cm³/mol. The molecule has 2 N–H and O–H groups in total. The SMILES string of the molecule is COc1ccc2c(C)noc2c1NS(=O)O. The molecule has 2 rings (SSSR count). The van der Waals surface area contributed by atoms with Crippen LogP contribution in [0.5, 0.6) is 5.75 Å². The smallest absolute Gasteiger partial charge is 0.259 e. The number of aryl methyl sites for hydroxylation is 1. The van der Waals surface area contributed by atoms with Crippen LogP contribution in [0.2, 0.25) is 0 Å². The van der Waals surface area contributed by atoms with Gasteiger partial charge in [-0.25, -0.2) is 4.21 Å². The second-order valence-corrected chi connectivity index (χ2v) is 3.84. The molecule has 16 heavy (non-hydrogen) atoms. The number of anilines is 1. The third kappa shape index (κ3) is 1.74. The summed E-state index contributed by atoms with van der Waals surface area (Å²) < 4.78 is 32.1. The number of fused-ring (bicyclic) bond motifs is 1. The molecule has 0 bridgehead atoms. The molecule has 0 aliphatic carbocycles. The summed E-state index contributed by atoms with van der Waals surface area (Å²) in [5.41, 5.74) is 1.44. The molecule has 0 spiro atoms. The molecular formula is C9H10N2O4S. The van der Waals surface area contributed by atoms with Crippen LogP contribution in [0.25, 0.3) is 11.0 Å². The monoisotopic (exact) mass is 242 g/mol. The van der Waals surface area contributed by atoms with Gasteiger partial charge in [0.2, 0.25) is 0 Å². The van der Waals surface area contributed by atoms with Gasteiger partial charge >= 0.3 is 0 Å². The minimum absolute atomic E-state index is 0.321. The van der Waals surface area contributed by atoms with Gasteiger partial charge in [0.25, 0.3) is 11.3 Å². The number of hydrogen-bond acceptors (Lipinski definition) is 4. The summed E-state index contributed by atoms with van der Waals surface area (Å²) in [5, 5.41) is 4.56. The van der Waals surface area contributed by atoms with Crippen molar-refractivity contribution in [2.75, 3.05) is 11.8 Å². The summed E-state index contributed by atoms with van der Waals surface area (Å²) in [5.74, 6) is 0.422. The molecule has 0 amide bonds. The van der Waals surface area contributed by atoms with Crippen molar-refractivity contribution in [3.63, 3.8) is 0 Å². The second-order valence-electron chi connectivity index (χ2n) is 3.14. The van der Waals surface area contributed by atoms with Gasteiger partial charge in [0, 0.05) is 5.39 Å². The van der Waals surface area contributed by atoms with E-state index >= 15 is 0 Å². The fraction of sp³-hybridized carbons (Fsp3) is 0.222. The van der Waals surface area contributed by atoms with Crippen LogP contribution in [-0.2, 0) is 11.3 Å². The standard InChI is InChI=1S/C9H10N2O4S/c1-5-6-3-4-7(14-2)8(11-16(12)13)9(6)15-10-5/h3-4,11H,1-2H3,(H,12,13). The van der Waals surface area contributed by atoms with Gasteiger partial charge in [0.15, 0.2) is 5.58 Å². The number of ether oxygens (including phenoxy) is 1. The highest BCUT2D eigenvalue weighted by atomic mass is 32.2. The van der Waals surface area contributed by atoms with Crippen LogP contribution in [-0.4, -0.2) is 21.0 Å². The van der Waals surface area contributed by atoms with Crippen LogP contribution in [0, 0.1) is 6.92 Å². The average Bonchev–Trinajstić information content (AvgIpc) is 2.61. The fourth-order valence-electron chi connectivity index (χ4n) is 1.46. The van der Waals surface area contributed by atoms with Crippen molar-refractivity contribution in [3.05, 3.63) is 17.8 Å². The summed E-state index contributed by atoms with van der Waals surface area (Å²) in [6.45, 7) is 1.79. The van der Waals surface area contributed by atoms with Gasteiger partial charge in [0.05, 0.1) is 12.8 Å². The van der Waals surface area contributed by atoms with Gasteiger partial charge in [-0.3, -0.25) is 9.27 Å². The number of rotatable bonds is 3. The van der Waals surface area contributed by atoms with E-state index in [1.165, 1.54) is 7.11 Å². The number of aromatic nitrogens is 1. The Labute approximate surface area is 94.0 Å². The topological polar surface area (TPSA) is 84.6 Å². The Bertz CT molecular complexity index is 552. The first-order valence-electron chi connectivity index (χ1n) is 4.44. The van der Waals surface area contributed by atoms with E-state index < -0.39 is 11.3 Å². The molecule has 0 saturated carbocycles. The molecule has 1 atom stereocenters. The number of benzene rings is 1. The molecule has 0 radical (unpaired) electrons. The molecule has 7 heteroatoms. The quantitative estimate of drug-likeness (QED) is 0.800. The van der Waals surface area contributed by atoms with E-state index in [4.69, 9.17) is 13.8 Å². The van der Waals surface area contributed by atoms with Gasteiger partial charge < -0.3 is 9.26 Å². The zero-order chi connectivity index (χ0) is 11.7. The molecule has 1 aromatic carbocycles. The summed E-state index contributed by atoms with van der Waals surface area (Å²) in [6, 6.07) is 3.47. The molecule has 86 valence electrons. The van der Waals surface area contributed by atoms with E-state index in [1.807, 2.05) is 0 Å². The zero-order valence-electron chi connectivity index (χ0n) is 8.68. The van der Waals surface area contributed by atoms with Crippen molar-refractivity contribution in [3.8, 4) is 5.75 Å². The van der Waals surface area contributed by atoms with E-state index in [0.29, 0.717) is 22.7 Å². The summed E-state index contributed by atoms with van der Waals surface area (Å²) >= 11 is -2.19. The van der Waals surface area contributed by atoms with Crippen LogP contribution < -0.4 is 9.46 Å². The zero-order valence-corrected chi connectivity index (χ0v) is 9.50. The van der Waals surface area contributed by atoms with E-state index in [-0.39, 0.29) is 0 Å². The average molecular weight is 242 g/mol. The van der Waals surface area contributed by atoms with Crippen LogP contribution in [0.1, 0.15) is 5.69 Å². The first kappa shape index (κ1) is 10.9. The molecule has 0 saturated heterocycles. The Morgan fingerprint density at radius 3 is 2.94 bits per heavy atom. The molecule has 1 heterocycles. The molecular weight excluding hydrogens is 232 g/mol. The normalized spacial score (nSPS) is 12.7. The molecule has 0 aliphatic rings. The molecule has 1 aromatic heterocycles. The van der Waals surface area contributed by atoms with Gasteiger partial charge in [0.1, 0.15) is 11.4 Å². The number of hydrogen-bond donors (Lipinski definition) is 2. The van der Waals surface area contributed by atoms with Crippen LogP contribution in [0.3, 0.4) is 0 Å². The Hall–Kier alpha value is -1.60. The number of nitrogens with one attached hydrogen (secondary N) is 1. The highest BCUT2D eigenvalue weighted by molar-refractivity contribution is 7.80. The lowest BCUT2D eigenvalue weighted by Crippen LogP contribution is -2.03. The Kier molecular flexibility index (Phi) is 2.80. The number of nitrogens with zero attached hydrogens (tertiary/aromatic N) is 1. The maximum Gasteiger partial charge on any atom is 0.259 e. The lowest BCUT2D eigenvalue weighted by molar-refractivity contribution is 0.414. The maximum atomic E-state index is 10.8. The molecule has 2 aromatic rings. The molecule has 1 unspecified atom stereocenters. The van der Waals surface area contributed by atoms with Crippen molar-refractivity contribution in [1.82, 2.24) is 5.16 Å². The van der Waals surface area contributed by atoms with Crippen LogP contribution in [0.4, 0.5) is 5.69 Å². The van der Waals surface area contributed by atoms with Crippen molar-refractivity contribution < 1.29 is 18.0 Å². The van der Waals surface area contributed by atoms with E-state index in [2.05, 4.69) is 9.88 Å². The fourth-order valence-corrected chi connectivity index (χ4v) is 1.83. The molecule has 0 aliphatic heterocycles. The van der Waals surface area contributed by atoms with E-state index in [0.717, 1.165) is 5.39 Å². The minimum Gasteiger partial charge on any atom is -0.494 e. The summed E-state index contributed by atoms with van der Waals surface area (Å²) in [4.78, 5) is 0. The minimum atomic E-state index is -2.19. The first-order chi connectivity index (χ1) is 7.63. The summed E-state index contributed by atoms with van der Waals surface area (Å²) in [7, 11) is 1.47. The third-order valence-corrected chi connectivity index (χ3v) is 2.57. The van der Waals surface area contributed by atoms with Gasteiger partial charge in [-0.05, 0) is 19.1 Å². The Balaban J connectivity index is 2.68. The predicted octanol–water partition coefficient (Wildman–Crippen LogP) is 1.69. The largest absolute Gasteiger partial charge is 0.494 e. The molecule has 0 fully saturated rings. The highest BCUT2D eigenvalue weighted by Crippen LogP contribution is 2.34. The Morgan fingerprint density at radius 2 is 2.31 bits per heavy atom. The third-order valence-electron chi connectivity index (χ3n) is 2.19. The lowest BCUT2D eigenvalue weighted by atomic mass is 10.2. The molecule has 6 nitrogen and oxygen atoms in total. The second kappa shape index (κ2) is 4.11. The first-order valence-corrected chi connectivity index (χ1v) is 5.54. The summed E-state index contributed by atoms with van der Waals surface area (Å²) in [6.07, 6.45) is 0. The van der Waals surface area contributed by atoms with Crippen LogP contribution in [0.15, 0.2) is 16.7 Å². The van der Waals surface area contributed by atoms with Crippen molar-refractivity contribution in [2.45, 2.75) is 6.92 Å². The van der Waals surface area contributed by atoms with Gasteiger partial charge in [-0.1, -0.05) is 5.16 Å². The highest BCUT2D eigenvalue weighted by Gasteiger charge is 2.15.